The molecular formula is C18H18N4OS. The van der Waals surface area contributed by atoms with E-state index in [0.29, 0.717) is 13.0 Å². The molecule has 122 valence electrons. The van der Waals surface area contributed by atoms with Crippen LogP contribution >= 0.6 is 11.3 Å². The van der Waals surface area contributed by atoms with Crippen LogP contribution in [0.1, 0.15) is 18.7 Å². The second-order valence-corrected chi connectivity index (χ2v) is 7.03. The van der Waals surface area contributed by atoms with Crippen LogP contribution in [-0.2, 0) is 4.79 Å². The summed E-state index contributed by atoms with van der Waals surface area (Å²) >= 11 is 1.67. The number of aromatic nitrogens is 2. The first-order chi connectivity index (χ1) is 11.7. The number of amides is 1. The van der Waals surface area contributed by atoms with Crippen LogP contribution in [0.5, 0.6) is 0 Å². The lowest BCUT2D eigenvalue weighted by Crippen LogP contribution is -2.39. The van der Waals surface area contributed by atoms with Crippen molar-refractivity contribution >= 4 is 33.3 Å². The van der Waals surface area contributed by atoms with E-state index in [2.05, 4.69) is 38.8 Å². The molecule has 3 heterocycles. The zero-order valence-electron chi connectivity index (χ0n) is 13.4. The first-order valence-corrected chi connectivity index (χ1v) is 8.87. The average Bonchev–Trinajstić information content (AvgIpc) is 3.00. The third-order valence-electron chi connectivity index (χ3n) is 4.15. The van der Waals surface area contributed by atoms with Gasteiger partial charge in [0, 0.05) is 23.9 Å². The number of thiophene rings is 1. The number of rotatable bonds is 3. The summed E-state index contributed by atoms with van der Waals surface area (Å²) in [4.78, 5) is 22.9. The van der Waals surface area contributed by atoms with Gasteiger partial charge in [0.25, 0.3) is 0 Å². The number of carbonyl (C=O) groups excluding carboxylic acids is 1. The zero-order valence-corrected chi connectivity index (χ0v) is 14.2. The van der Waals surface area contributed by atoms with Crippen molar-refractivity contribution in [3.63, 3.8) is 0 Å². The highest BCUT2D eigenvalue weighted by atomic mass is 32.1. The molecule has 2 N–H and O–H groups in total. The fourth-order valence-corrected chi connectivity index (χ4v) is 4.07. The van der Waals surface area contributed by atoms with E-state index in [1.807, 2.05) is 25.1 Å². The summed E-state index contributed by atoms with van der Waals surface area (Å²) in [7, 11) is 0. The number of nitrogens with one attached hydrogen (secondary N) is 2. The Kier molecular flexibility index (Phi) is 3.90. The molecule has 24 heavy (non-hydrogen) atoms. The second-order valence-electron chi connectivity index (χ2n) is 6.00. The summed E-state index contributed by atoms with van der Waals surface area (Å²) in [5, 5.41) is 7.34. The Morgan fingerprint density at radius 2 is 2.08 bits per heavy atom. The molecule has 5 nitrogen and oxygen atoms in total. The SMILES string of the molecule is Cc1nc(NC2CCNC(=O)C2)c2cc(-c3ccccc3)sc2n1. The van der Waals surface area contributed by atoms with Gasteiger partial charge in [-0.05, 0) is 25.0 Å². The number of benzene rings is 1. The molecule has 1 saturated heterocycles. The number of hydrogen-bond acceptors (Lipinski definition) is 5. The smallest absolute Gasteiger partial charge is 0.222 e. The highest BCUT2D eigenvalue weighted by Gasteiger charge is 2.21. The Balaban J connectivity index is 1.72. The Bertz CT molecular complexity index is 891. The molecule has 3 aromatic rings. The number of aryl methyl sites for hydroxylation is 1. The summed E-state index contributed by atoms with van der Waals surface area (Å²) < 4.78 is 0. The molecule has 6 heteroatoms. The molecule has 0 bridgehead atoms. The van der Waals surface area contributed by atoms with E-state index in [1.54, 1.807) is 11.3 Å². The van der Waals surface area contributed by atoms with Crippen molar-refractivity contribution in [1.29, 1.82) is 0 Å². The van der Waals surface area contributed by atoms with E-state index < -0.39 is 0 Å². The summed E-state index contributed by atoms with van der Waals surface area (Å²) in [6, 6.07) is 12.6. The largest absolute Gasteiger partial charge is 0.366 e. The van der Waals surface area contributed by atoms with Gasteiger partial charge in [0.2, 0.25) is 5.91 Å². The summed E-state index contributed by atoms with van der Waals surface area (Å²) in [5.41, 5.74) is 1.18. The van der Waals surface area contributed by atoms with Crippen LogP contribution in [0.4, 0.5) is 5.82 Å². The van der Waals surface area contributed by atoms with Gasteiger partial charge in [0.15, 0.2) is 0 Å². The number of piperidine rings is 1. The van der Waals surface area contributed by atoms with E-state index in [1.165, 1.54) is 10.4 Å². The highest BCUT2D eigenvalue weighted by molar-refractivity contribution is 7.21. The van der Waals surface area contributed by atoms with Gasteiger partial charge in [-0.1, -0.05) is 30.3 Å². The Morgan fingerprint density at radius 3 is 2.88 bits per heavy atom. The van der Waals surface area contributed by atoms with Gasteiger partial charge in [-0.25, -0.2) is 9.97 Å². The Labute approximate surface area is 144 Å². The molecule has 0 radical (unpaired) electrons. The lowest BCUT2D eigenvalue weighted by molar-refractivity contribution is -0.122. The van der Waals surface area contributed by atoms with Gasteiger partial charge < -0.3 is 10.6 Å². The fraction of sp³-hybridized carbons (Fsp3) is 0.278. The van der Waals surface area contributed by atoms with E-state index in [9.17, 15) is 4.79 Å². The maximum absolute atomic E-state index is 11.6. The fourth-order valence-electron chi connectivity index (χ4n) is 2.98. The Hall–Kier alpha value is -2.47. The molecule has 0 spiro atoms. The maximum atomic E-state index is 11.6. The molecule has 0 saturated carbocycles. The van der Waals surface area contributed by atoms with Gasteiger partial charge in [-0.2, -0.15) is 0 Å². The van der Waals surface area contributed by atoms with Crippen LogP contribution in [0.2, 0.25) is 0 Å². The van der Waals surface area contributed by atoms with E-state index in [-0.39, 0.29) is 11.9 Å². The molecule has 1 unspecified atom stereocenters. The molecule has 1 aliphatic rings. The van der Waals surface area contributed by atoms with Crippen molar-refractivity contribution in [2.24, 2.45) is 0 Å². The van der Waals surface area contributed by atoms with Gasteiger partial charge >= 0.3 is 0 Å². The number of carbonyl (C=O) groups is 1. The summed E-state index contributed by atoms with van der Waals surface area (Å²) in [5.74, 6) is 1.67. The van der Waals surface area contributed by atoms with Crippen LogP contribution in [-0.4, -0.2) is 28.5 Å². The number of nitrogens with zero attached hydrogens (tertiary/aromatic N) is 2. The van der Waals surface area contributed by atoms with Gasteiger partial charge in [0.05, 0.1) is 5.39 Å². The van der Waals surface area contributed by atoms with E-state index >= 15 is 0 Å². The molecule has 1 aromatic carbocycles. The Morgan fingerprint density at radius 1 is 1.25 bits per heavy atom. The number of anilines is 1. The normalized spacial score (nSPS) is 17.7. The zero-order chi connectivity index (χ0) is 16.5. The van der Waals surface area contributed by atoms with Crippen molar-refractivity contribution in [1.82, 2.24) is 15.3 Å². The highest BCUT2D eigenvalue weighted by Crippen LogP contribution is 2.35. The van der Waals surface area contributed by atoms with Gasteiger partial charge in [-0.15, -0.1) is 11.3 Å². The average molecular weight is 338 g/mol. The number of fused-ring (bicyclic) bond motifs is 1. The van der Waals surface area contributed by atoms with Crippen LogP contribution in [0.3, 0.4) is 0 Å². The van der Waals surface area contributed by atoms with Crippen molar-refractivity contribution in [2.75, 3.05) is 11.9 Å². The lowest BCUT2D eigenvalue weighted by atomic mass is 10.1. The van der Waals surface area contributed by atoms with Crippen molar-refractivity contribution in [3.8, 4) is 10.4 Å². The van der Waals surface area contributed by atoms with E-state index in [4.69, 9.17) is 0 Å². The maximum Gasteiger partial charge on any atom is 0.222 e. The quantitative estimate of drug-likeness (QED) is 0.768. The van der Waals surface area contributed by atoms with Crippen molar-refractivity contribution in [2.45, 2.75) is 25.8 Å². The van der Waals surface area contributed by atoms with E-state index in [0.717, 1.165) is 28.3 Å². The third kappa shape index (κ3) is 2.97. The second kappa shape index (κ2) is 6.20. The number of hydrogen-bond donors (Lipinski definition) is 2. The van der Waals surface area contributed by atoms with Crippen LogP contribution in [0.15, 0.2) is 36.4 Å². The molecule has 1 amide bonds. The van der Waals surface area contributed by atoms with Crippen LogP contribution in [0, 0.1) is 6.92 Å². The van der Waals surface area contributed by atoms with Gasteiger partial charge in [0.1, 0.15) is 16.5 Å². The molecule has 2 aromatic heterocycles. The molecule has 0 aliphatic carbocycles. The summed E-state index contributed by atoms with van der Waals surface area (Å²) in [6.45, 7) is 2.61. The van der Waals surface area contributed by atoms with Crippen molar-refractivity contribution in [3.05, 3.63) is 42.2 Å². The van der Waals surface area contributed by atoms with Crippen LogP contribution in [0.25, 0.3) is 20.7 Å². The minimum atomic E-state index is 0.0936. The monoisotopic (exact) mass is 338 g/mol. The minimum Gasteiger partial charge on any atom is -0.366 e. The topological polar surface area (TPSA) is 66.9 Å². The molecule has 1 atom stereocenters. The molecule has 1 fully saturated rings. The van der Waals surface area contributed by atoms with Crippen molar-refractivity contribution < 1.29 is 4.79 Å². The predicted molar refractivity (Wildman–Crippen MR) is 97.2 cm³/mol. The molecule has 4 rings (SSSR count). The third-order valence-corrected chi connectivity index (χ3v) is 5.23. The first-order valence-electron chi connectivity index (χ1n) is 8.06. The summed E-state index contributed by atoms with van der Waals surface area (Å²) in [6.07, 6.45) is 1.40. The lowest BCUT2D eigenvalue weighted by Gasteiger charge is -2.23. The minimum absolute atomic E-state index is 0.0936. The van der Waals surface area contributed by atoms with Gasteiger partial charge in [-0.3, -0.25) is 4.79 Å². The standard InChI is InChI=1S/C18H18N4OS/c1-11-20-17(22-13-7-8-19-16(23)9-13)14-10-15(24-18(14)21-11)12-5-3-2-4-6-12/h2-6,10,13H,7-9H2,1H3,(H,19,23)(H,20,21,22). The predicted octanol–water partition coefficient (Wildman–Crippen LogP) is 3.36. The molecular weight excluding hydrogens is 320 g/mol. The first kappa shape index (κ1) is 15.1. The van der Waals surface area contributed by atoms with Crippen LogP contribution < -0.4 is 10.6 Å². The molecule has 1 aliphatic heterocycles.